The number of aromatic nitrogens is 2. The lowest BCUT2D eigenvalue weighted by Gasteiger charge is -2.08. The molecule has 0 unspecified atom stereocenters. The van der Waals surface area contributed by atoms with E-state index in [0.29, 0.717) is 16.5 Å². The van der Waals surface area contributed by atoms with Gasteiger partial charge in [-0.1, -0.05) is 44.2 Å². The van der Waals surface area contributed by atoms with Crippen LogP contribution < -0.4 is 5.32 Å². The molecule has 0 aliphatic carbocycles. The maximum atomic E-state index is 12.5. The van der Waals surface area contributed by atoms with Gasteiger partial charge in [-0.2, -0.15) is 5.10 Å². The molecule has 7 heteroatoms. The van der Waals surface area contributed by atoms with E-state index in [1.807, 2.05) is 66.2 Å². The summed E-state index contributed by atoms with van der Waals surface area (Å²) in [6.07, 6.45) is 0. The number of fused-ring (bicyclic) bond motifs is 1. The number of benzene rings is 2. The first-order valence-corrected chi connectivity index (χ1v) is 10.9. The highest BCUT2D eigenvalue weighted by atomic mass is 32.1. The summed E-state index contributed by atoms with van der Waals surface area (Å²) in [5, 5.41) is 8.22. The van der Waals surface area contributed by atoms with E-state index in [-0.39, 0.29) is 12.5 Å². The molecule has 2 heterocycles. The van der Waals surface area contributed by atoms with Gasteiger partial charge in [0.1, 0.15) is 9.71 Å². The molecule has 0 spiro atoms. The average Bonchev–Trinajstić information content (AvgIpc) is 3.34. The Labute approximate surface area is 184 Å². The van der Waals surface area contributed by atoms with Gasteiger partial charge in [-0.25, -0.2) is 9.48 Å². The van der Waals surface area contributed by atoms with Crippen LogP contribution in [0.2, 0.25) is 0 Å². The molecule has 0 aliphatic heterocycles. The third kappa shape index (κ3) is 4.51. The molecule has 1 amide bonds. The van der Waals surface area contributed by atoms with E-state index in [1.54, 1.807) is 6.07 Å². The highest BCUT2D eigenvalue weighted by Gasteiger charge is 2.19. The lowest BCUT2D eigenvalue weighted by molar-refractivity contribution is -0.119. The molecule has 0 fully saturated rings. The molecule has 2 aromatic carbocycles. The minimum absolute atomic E-state index is 0.344. The molecule has 4 rings (SSSR count). The number of hydrogen-bond acceptors (Lipinski definition) is 5. The van der Waals surface area contributed by atoms with Gasteiger partial charge in [0.2, 0.25) is 0 Å². The minimum atomic E-state index is -0.523. The van der Waals surface area contributed by atoms with Crippen LogP contribution in [0.3, 0.4) is 0 Å². The summed E-state index contributed by atoms with van der Waals surface area (Å²) >= 11 is 1.30. The van der Waals surface area contributed by atoms with Crippen LogP contribution in [0, 0.1) is 6.92 Å². The van der Waals surface area contributed by atoms with Gasteiger partial charge in [0.05, 0.1) is 11.4 Å². The van der Waals surface area contributed by atoms with Gasteiger partial charge in [-0.15, -0.1) is 11.3 Å². The maximum absolute atomic E-state index is 12.5. The smallest absolute Gasteiger partial charge is 0.348 e. The zero-order valence-corrected chi connectivity index (χ0v) is 18.4. The van der Waals surface area contributed by atoms with Gasteiger partial charge in [-0.05, 0) is 48.7 Å². The second kappa shape index (κ2) is 8.73. The van der Waals surface area contributed by atoms with E-state index in [9.17, 15) is 9.59 Å². The predicted molar refractivity (Wildman–Crippen MR) is 123 cm³/mol. The Morgan fingerprint density at radius 3 is 2.48 bits per heavy atom. The van der Waals surface area contributed by atoms with Crippen molar-refractivity contribution >= 4 is 39.1 Å². The van der Waals surface area contributed by atoms with Crippen LogP contribution in [0.15, 0.2) is 60.7 Å². The zero-order chi connectivity index (χ0) is 22.0. The summed E-state index contributed by atoms with van der Waals surface area (Å²) in [6, 6.07) is 19.2. The second-order valence-electron chi connectivity index (χ2n) is 7.56. The van der Waals surface area contributed by atoms with E-state index in [0.717, 1.165) is 21.6 Å². The Balaban J connectivity index is 1.42. The van der Waals surface area contributed by atoms with E-state index in [2.05, 4.69) is 24.3 Å². The average molecular weight is 434 g/mol. The van der Waals surface area contributed by atoms with Crippen LogP contribution in [-0.2, 0) is 9.53 Å². The van der Waals surface area contributed by atoms with Crippen LogP contribution in [-0.4, -0.2) is 28.3 Å². The quantitative estimate of drug-likeness (QED) is 0.418. The molecule has 0 radical (unpaired) electrons. The number of nitrogens with one attached hydrogen (secondary N) is 1. The van der Waals surface area contributed by atoms with Crippen molar-refractivity contribution < 1.29 is 14.3 Å². The molecule has 1 N–H and O–H groups in total. The van der Waals surface area contributed by atoms with Gasteiger partial charge in [0.25, 0.3) is 5.91 Å². The summed E-state index contributed by atoms with van der Waals surface area (Å²) in [5.74, 6) is -0.478. The Hall–Kier alpha value is -3.45. The summed E-state index contributed by atoms with van der Waals surface area (Å²) in [7, 11) is 0. The largest absolute Gasteiger partial charge is 0.451 e. The van der Waals surface area contributed by atoms with Crippen LogP contribution >= 0.6 is 11.3 Å². The molecule has 0 atom stereocenters. The van der Waals surface area contributed by atoms with Crippen LogP contribution in [0.4, 0.5) is 5.69 Å². The number of para-hydroxylation sites is 1. The number of hydrogen-bond donors (Lipinski definition) is 1. The minimum Gasteiger partial charge on any atom is -0.451 e. The van der Waals surface area contributed by atoms with E-state index >= 15 is 0 Å². The molecule has 158 valence electrons. The van der Waals surface area contributed by atoms with Crippen molar-refractivity contribution in [3.8, 4) is 5.69 Å². The Morgan fingerprint density at radius 2 is 1.81 bits per heavy atom. The van der Waals surface area contributed by atoms with Gasteiger partial charge in [-0.3, -0.25) is 4.79 Å². The summed E-state index contributed by atoms with van der Waals surface area (Å²) in [4.78, 5) is 26.0. The fraction of sp³-hybridized carbons (Fsp3) is 0.208. The summed E-state index contributed by atoms with van der Waals surface area (Å²) < 4.78 is 7.06. The van der Waals surface area contributed by atoms with Crippen molar-refractivity contribution in [2.24, 2.45) is 0 Å². The van der Waals surface area contributed by atoms with E-state index in [1.165, 1.54) is 16.9 Å². The standard InChI is InChI=1S/C24H23N3O3S/c1-15(2)17-9-11-18(12-10-17)25-22(28)14-30-24(29)21-13-20-16(3)26-27(23(20)31-21)19-7-5-4-6-8-19/h4-13,15H,14H2,1-3H3,(H,25,28). The number of rotatable bonds is 6. The first kappa shape index (κ1) is 20.8. The number of carbonyl (C=O) groups is 2. The van der Waals surface area contributed by atoms with Crippen LogP contribution in [0.25, 0.3) is 15.9 Å². The molecule has 31 heavy (non-hydrogen) atoms. The van der Waals surface area contributed by atoms with Crippen molar-refractivity contribution in [3.05, 3.63) is 76.8 Å². The predicted octanol–water partition coefficient (Wildman–Crippen LogP) is 5.31. The fourth-order valence-corrected chi connectivity index (χ4v) is 4.32. The number of anilines is 1. The number of amides is 1. The molecule has 2 aromatic heterocycles. The number of esters is 1. The van der Waals surface area contributed by atoms with Gasteiger partial charge in [0.15, 0.2) is 6.61 Å². The lowest BCUT2D eigenvalue weighted by atomic mass is 10.0. The molecule has 0 bridgehead atoms. The molecule has 0 aliphatic rings. The van der Waals surface area contributed by atoms with Crippen molar-refractivity contribution in [1.82, 2.24) is 9.78 Å². The SMILES string of the molecule is Cc1nn(-c2ccccc2)c2sc(C(=O)OCC(=O)Nc3ccc(C(C)C)cc3)cc12. The first-order chi connectivity index (χ1) is 14.9. The van der Waals surface area contributed by atoms with Crippen LogP contribution in [0.5, 0.6) is 0 Å². The Bertz CT molecular complexity index is 1220. The monoisotopic (exact) mass is 433 g/mol. The third-order valence-corrected chi connectivity index (χ3v) is 6.03. The number of ether oxygens (including phenoxy) is 1. The van der Waals surface area contributed by atoms with E-state index < -0.39 is 5.97 Å². The normalized spacial score (nSPS) is 11.1. The number of thiophene rings is 1. The zero-order valence-electron chi connectivity index (χ0n) is 17.6. The van der Waals surface area contributed by atoms with Gasteiger partial charge in [0, 0.05) is 11.1 Å². The molecule has 4 aromatic rings. The fourth-order valence-electron chi connectivity index (χ4n) is 3.24. The first-order valence-electron chi connectivity index (χ1n) is 10.0. The van der Waals surface area contributed by atoms with Gasteiger partial charge >= 0.3 is 5.97 Å². The summed E-state index contributed by atoms with van der Waals surface area (Å²) in [6.45, 7) is 5.78. The Morgan fingerprint density at radius 1 is 1.10 bits per heavy atom. The highest BCUT2D eigenvalue weighted by molar-refractivity contribution is 7.20. The number of carbonyl (C=O) groups excluding carboxylic acids is 2. The highest BCUT2D eigenvalue weighted by Crippen LogP contribution is 2.30. The van der Waals surface area contributed by atoms with Crippen LogP contribution in [0.1, 0.15) is 40.7 Å². The maximum Gasteiger partial charge on any atom is 0.348 e. The molecular weight excluding hydrogens is 410 g/mol. The van der Waals surface area contributed by atoms with Gasteiger partial charge < -0.3 is 10.1 Å². The molecule has 6 nitrogen and oxygen atoms in total. The lowest BCUT2D eigenvalue weighted by Crippen LogP contribution is -2.20. The van der Waals surface area contributed by atoms with Crippen molar-refractivity contribution in [2.45, 2.75) is 26.7 Å². The van der Waals surface area contributed by atoms with Crippen molar-refractivity contribution in [1.29, 1.82) is 0 Å². The van der Waals surface area contributed by atoms with Crippen molar-refractivity contribution in [2.75, 3.05) is 11.9 Å². The number of nitrogens with zero attached hydrogens (tertiary/aromatic N) is 2. The van der Waals surface area contributed by atoms with Crippen molar-refractivity contribution in [3.63, 3.8) is 0 Å². The summed E-state index contributed by atoms with van der Waals surface area (Å²) in [5.41, 5.74) is 3.62. The second-order valence-corrected chi connectivity index (χ2v) is 8.59. The topological polar surface area (TPSA) is 73.2 Å². The number of aryl methyl sites for hydroxylation is 1. The molecule has 0 saturated heterocycles. The Kier molecular flexibility index (Phi) is 5.86. The third-order valence-electron chi connectivity index (χ3n) is 4.94. The van der Waals surface area contributed by atoms with E-state index in [4.69, 9.17) is 4.74 Å². The molecular formula is C24H23N3O3S. The molecule has 0 saturated carbocycles.